The van der Waals surface area contributed by atoms with Crippen LogP contribution in [0.3, 0.4) is 0 Å². The molecule has 2 saturated heterocycles. The molecule has 0 saturated carbocycles. The van der Waals surface area contributed by atoms with Crippen molar-refractivity contribution in [3.8, 4) is 5.75 Å². The lowest BCUT2D eigenvalue weighted by Crippen LogP contribution is -2.61. The highest BCUT2D eigenvalue weighted by atomic mass is 16.5. The normalized spacial score (nSPS) is 22.9. The Morgan fingerprint density at radius 3 is 2.76 bits per heavy atom. The molecule has 3 heterocycles. The Hall–Kier alpha value is -3.42. The van der Waals surface area contributed by atoms with Gasteiger partial charge in [0.05, 0.1) is 11.1 Å². The van der Waals surface area contributed by atoms with Crippen LogP contribution in [0.4, 0.5) is 5.69 Å². The zero-order valence-electron chi connectivity index (χ0n) is 20.1. The molecule has 1 aromatic carbocycles. The topological polar surface area (TPSA) is 105 Å². The lowest BCUT2D eigenvalue weighted by Gasteiger charge is -2.34. The van der Waals surface area contributed by atoms with Gasteiger partial charge in [-0.15, -0.1) is 6.58 Å². The van der Waals surface area contributed by atoms with E-state index in [1.54, 1.807) is 30.9 Å². The van der Waals surface area contributed by atoms with E-state index in [2.05, 4.69) is 17.2 Å². The lowest BCUT2D eigenvalue weighted by molar-refractivity contribution is -0.146. The maximum absolute atomic E-state index is 13.4. The summed E-state index contributed by atoms with van der Waals surface area (Å²) in [6.07, 6.45) is 6.44. The molecule has 1 aromatic rings. The van der Waals surface area contributed by atoms with E-state index in [4.69, 9.17) is 4.74 Å². The summed E-state index contributed by atoms with van der Waals surface area (Å²) in [5, 5.41) is 5.60. The van der Waals surface area contributed by atoms with Crippen LogP contribution in [0.25, 0.3) is 6.08 Å². The number of nitrogens with zero attached hydrogens (tertiary/aromatic N) is 1. The predicted octanol–water partition coefficient (Wildman–Crippen LogP) is 3.08. The fourth-order valence-electron chi connectivity index (χ4n) is 4.46. The second kappa shape index (κ2) is 8.42. The molecule has 2 atom stereocenters. The number of hydrogen-bond donors (Lipinski definition) is 2. The van der Waals surface area contributed by atoms with Gasteiger partial charge in [-0.25, -0.2) is 0 Å². The molecule has 0 aliphatic carbocycles. The molecule has 4 rings (SSSR count). The van der Waals surface area contributed by atoms with Crippen LogP contribution in [-0.2, 0) is 14.4 Å². The Morgan fingerprint density at radius 2 is 2.06 bits per heavy atom. The number of ketones is 1. The molecular formula is C26H31N3O5. The second-order valence-corrected chi connectivity index (χ2v) is 10.2. The predicted molar refractivity (Wildman–Crippen MR) is 128 cm³/mol. The lowest BCUT2D eigenvalue weighted by atomic mass is 9.90. The number of rotatable bonds is 6. The quantitative estimate of drug-likeness (QED) is 0.496. The number of piperazine rings is 1. The third kappa shape index (κ3) is 4.24. The molecule has 2 fully saturated rings. The number of carbonyl (C=O) groups excluding carboxylic acids is 4. The Labute approximate surface area is 199 Å². The smallest absolute Gasteiger partial charge is 0.246 e. The first-order chi connectivity index (χ1) is 15.9. The minimum Gasteiger partial charge on any atom is -0.483 e. The molecule has 0 bridgehead atoms. The van der Waals surface area contributed by atoms with Gasteiger partial charge >= 0.3 is 0 Å². The molecule has 3 amide bonds. The first-order valence-corrected chi connectivity index (χ1v) is 11.6. The standard InChI is InChI=1S/C26H31N3O5/c1-6-25(2,3)24(33)28-21-15(9-10-20-16(21)11-12-26(4,5)34-20)19(30)14-17-23(32)29-13-7-8-18(29)22(31)27-17/h6,9-12,17-18H,1,7-8,13-14H2,2-5H3,(H,27,31)(H,28,33). The van der Waals surface area contributed by atoms with Crippen molar-refractivity contribution in [3.63, 3.8) is 0 Å². The van der Waals surface area contributed by atoms with Gasteiger partial charge in [0, 0.05) is 24.1 Å². The van der Waals surface area contributed by atoms with E-state index in [0.717, 1.165) is 6.42 Å². The van der Waals surface area contributed by atoms with Gasteiger partial charge in [0.2, 0.25) is 17.7 Å². The maximum atomic E-state index is 13.4. The molecule has 0 aromatic heterocycles. The summed E-state index contributed by atoms with van der Waals surface area (Å²) < 4.78 is 6.03. The van der Waals surface area contributed by atoms with E-state index < -0.39 is 23.1 Å². The van der Waals surface area contributed by atoms with E-state index >= 15 is 0 Å². The van der Waals surface area contributed by atoms with E-state index in [1.165, 1.54) is 6.08 Å². The molecule has 8 heteroatoms. The average molecular weight is 466 g/mol. The summed E-state index contributed by atoms with van der Waals surface area (Å²) in [6.45, 7) is 11.5. The largest absolute Gasteiger partial charge is 0.483 e. The van der Waals surface area contributed by atoms with Crippen LogP contribution >= 0.6 is 0 Å². The van der Waals surface area contributed by atoms with Crippen LogP contribution < -0.4 is 15.4 Å². The Balaban J connectivity index is 1.67. The highest BCUT2D eigenvalue weighted by Crippen LogP contribution is 2.39. The number of carbonyl (C=O) groups is 4. The molecule has 3 aliphatic rings. The molecular weight excluding hydrogens is 434 g/mol. The molecule has 34 heavy (non-hydrogen) atoms. The number of amides is 3. The van der Waals surface area contributed by atoms with Crippen molar-refractivity contribution in [2.24, 2.45) is 5.41 Å². The first kappa shape index (κ1) is 23.7. The van der Waals surface area contributed by atoms with E-state index in [9.17, 15) is 19.2 Å². The number of fused-ring (bicyclic) bond motifs is 2. The van der Waals surface area contributed by atoms with Crippen LogP contribution in [0, 0.1) is 5.41 Å². The molecule has 3 aliphatic heterocycles. The van der Waals surface area contributed by atoms with Gasteiger partial charge < -0.3 is 20.3 Å². The van der Waals surface area contributed by atoms with E-state index in [1.807, 2.05) is 26.0 Å². The third-order valence-electron chi connectivity index (χ3n) is 6.71. The van der Waals surface area contributed by atoms with Gasteiger partial charge in [-0.1, -0.05) is 6.08 Å². The van der Waals surface area contributed by atoms with E-state index in [-0.39, 0.29) is 35.5 Å². The summed E-state index contributed by atoms with van der Waals surface area (Å²) in [6, 6.07) is 1.93. The van der Waals surface area contributed by atoms with Crippen molar-refractivity contribution in [2.75, 3.05) is 11.9 Å². The molecule has 0 spiro atoms. The van der Waals surface area contributed by atoms with E-state index in [0.29, 0.717) is 30.0 Å². The minimum absolute atomic E-state index is 0.198. The number of hydrogen-bond acceptors (Lipinski definition) is 5. The van der Waals surface area contributed by atoms with Crippen LogP contribution in [-0.4, -0.2) is 52.6 Å². The molecule has 2 unspecified atom stereocenters. The monoisotopic (exact) mass is 465 g/mol. The van der Waals surface area contributed by atoms with Crippen LogP contribution in [0.1, 0.15) is 62.9 Å². The SMILES string of the molecule is C=CC(C)(C)C(=O)Nc1c(C(=O)CC2NC(=O)C3CCCN3C2=O)ccc2c1C=CC(C)(C)O2. The average Bonchev–Trinajstić information content (AvgIpc) is 3.27. The Kier molecular flexibility index (Phi) is 5.87. The number of benzene rings is 1. The van der Waals surface area contributed by atoms with Gasteiger partial charge in [-0.05, 0) is 64.8 Å². The van der Waals surface area contributed by atoms with Crippen molar-refractivity contribution in [1.29, 1.82) is 0 Å². The first-order valence-electron chi connectivity index (χ1n) is 11.6. The van der Waals surface area contributed by atoms with Crippen molar-refractivity contribution in [1.82, 2.24) is 10.2 Å². The third-order valence-corrected chi connectivity index (χ3v) is 6.71. The maximum Gasteiger partial charge on any atom is 0.246 e. The van der Waals surface area contributed by atoms with Crippen LogP contribution in [0.15, 0.2) is 30.9 Å². The number of anilines is 1. The van der Waals surface area contributed by atoms with Gasteiger partial charge in [0.15, 0.2) is 5.78 Å². The Morgan fingerprint density at radius 1 is 1.32 bits per heavy atom. The van der Waals surface area contributed by atoms with Gasteiger partial charge in [0.1, 0.15) is 23.4 Å². The summed E-state index contributed by atoms with van der Waals surface area (Å²) in [4.78, 5) is 53.3. The molecule has 8 nitrogen and oxygen atoms in total. The number of Topliss-reactive ketones (excluding diaryl/α,β-unsaturated/α-hetero) is 1. The second-order valence-electron chi connectivity index (χ2n) is 10.2. The van der Waals surface area contributed by atoms with Gasteiger partial charge in [-0.2, -0.15) is 0 Å². The number of nitrogens with one attached hydrogen (secondary N) is 2. The van der Waals surface area contributed by atoms with Crippen molar-refractivity contribution in [3.05, 3.63) is 42.0 Å². The Bertz CT molecular complexity index is 1120. The summed E-state index contributed by atoms with van der Waals surface area (Å²) >= 11 is 0. The van der Waals surface area contributed by atoms with Crippen molar-refractivity contribution < 1.29 is 23.9 Å². The van der Waals surface area contributed by atoms with Gasteiger partial charge in [0.25, 0.3) is 0 Å². The van der Waals surface area contributed by atoms with Crippen LogP contribution in [0.5, 0.6) is 5.75 Å². The highest BCUT2D eigenvalue weighted by Gasteiger charge is 2.43. The zero-order valence-corrected chi connectivity index (χ0v) is 20.1. The summed E-state index contributed by atoms with van der Waals surface area (Å²) in [7, 11) is 0. The highest BCUT2D eigenvalue weighted by molar-refractivity contribution is 6.10. The fraction of sp³-hybridized carbons (Fsp3) is 0.462. The zero-order chi connectivity index (χ0) is 24.8. The fourth-order valence-corrected chi connectivity index (χ4v) is 4.46. The summed E-state index contributed by atoms with van der Waals surface area (Å²) in [5.74, 6) is -0.608. The molecule has 2 N–H and O–H groups in total. The van der Waals surface area contributed by atoms with Gasteiger partial charge in [-0.3, -0.25) is 19.2 Å². The van der Waals surface area contributed by atoms with Crippen molar-refractivity contribution >= 4 is 35.3 Å². The molecule has 0 radical (unpaired) electrons. The minimum atomic E-state index is -0.927. The summed E-state index contributed by atoms with van der Waals surface area (Å²) in [5.41, 5.74) is -0.254. The number of ether oxygens (including phenoxy) is 1. The van der Waals surface area contributed by atoms with Crippen LogP contribution in [0.2, 0.25) is 0 Å². The molecule has 180 valence electrons. The van der Waals surface area contributed by atoms with Crippen molar-refractivity contribution in [2.45, 2.75) is 64.6 Å².